The minimum Gasteiger partial charge on any atom is -0.371 e. The van der Waals surface area contributed by atoms with Gasteiger partial charge in [0.1, 0.15) is 11.6 Å². The number of likely N-dealkylation sites (N-methyl/N-ethyl adjacent to an activating group) is 2. The van der Waals surface area contributed by atoms with E-state index in [0.29, 0.717) is 40.8 Å². The summed E-state index contributed by atoms with van der Waals surface area (Å²) in [6.07, 6.45) is 20.8. The summed E-state index contributed by atoms with van der Waals surface area (Å²) in [7, 11) is 6.01. The fraction of sp³-hybridized carbons (Fsp3) is 0.547. The van der Waals surface area contributed by atoms with Gasteiger partial charge in [0.2, 0.25) is 0 Å². The molecule has 2 aromatic carbocycles. The highest BCUT2D eigenvalue weighted by molar-refractivity contribution is 6.04. The normalized spacial score (nSPS) is 26.6. The molecule has 8 fully saturated rings. The molecular formula is C64H81N19O4. The van der Waals surface area contributed by atoms with Crippen molar-refractivity contribution in [3.8, 4) is 22.8 Å². The van der Waals surface area contributed by atoms with Crippen LogP contribution in [0.4, 0.5) is 38.3 Å². The topological polar surface area (TPSA) is 203 Å². The summed E-state index contributed by atoms with van der Waals surface area (Å²) >= 11 is 0. The Kier molecular flexibility index (Phi) is 15.4. The number of morpholine rings is 2. The van der Waals surface area contributed by atoms with Crippen molar-refractivity contribution < 1.29 is 19.1 Å². The van der Waals surface area contributed by atoms with Gasteiger partial charge in [0, 0.05) is 121 Å². The van der Waals surface area contributed by atoms with E-state index in [-0.39, 0.29) is 36.5 Å². The van der Waals surface area contributed by atoms with Gasteiger partial charge < -0.3 is 39.7 Å². The number of hydrogen-bond donors (Lipinski definition) is 2. The monoisotopic (exact) mass is 1180 g/mol. The highest BCUT2D eigenvalue weighted by Gasteiger charge is 2.39. The van der Waals surface area contributed by atoms with Crippen molar-refractivity contribution in [2.24, 2.45) is 0 Å². The van der Waals surface area contributed by atoms with Crippen LogP contribution in [-0.2, 0) is 9.47 Å². The van der Waals surface area contributed by atoms with E-state index in [1.54, 1.807) is 31.6 Å². The van der Waals surface area contributed by atoms with E-state index in [4.69, 9.17) is 39.6 Å². The fourth-order valence-electron chi connectivity index (χ4n) is 15.2. The Balaban J connectivity index is 0.688. The average Bonchev–Trinajstić information content (AvgIpc) is 2.43. The number of carbonyl (C=O) groups is 2. The number of benzene rings is 2. The molecule has 23 nitrogen and oxygen atoms in total. The summed E-state index contributed by atoms with van der Waals surface area (Å²) < 4.78 is 16.9. The number of pyridine rings is 1. The van der Waals surface area contributed by atoms with Crippen LogP contribution in [0, 0.1) is 0 Å². The smallest absolute Gasteiger partial charge is 0.345 e. The van der Waals surface area contributed by atoms with Gasteiger partial charge in [-0.2, -0.15) is 15.2 Å². The minimum atomic E-state index is -0.559. The Morgan fingerprint density at radius 2 is 0.931 bits per heavy atom. The molecule has 2 N–H and O–H groups in total. The highest BCUT2D eigenvalue weighted by Crippen LogP contribution is 2.41. The number of rotatable bonds is 11. The molecular weight excluding hydrogens is 1100 g/mol. The standard InChI is InChI=1S/C64H81N19O4/c1-74-27-31-77(32-28-74)46-14-18-48(19-15-46)81-61-55(36-66-81)59(79-38-51-22-23-52(39-79)86-51)70-57(72-61)42-6-10-44(11-7-42)68-63(84)76(3)83(64(85)69-45-5-4-26-65-35-45)50-12-8-43(9-13-50)58-71-60(80-40-53-24-25-54(41-80)87-53)56-37-67-82(62(56)73-58)49-20-16-47(17-21-49)78-33-29-75(2)30-34-78/h4-13,26,35-37,46-49,51-54H,14-25,27-34,38-41H2,1-3H3,(H,68,84)(H,69,85). The lowest BCUT2D eigenvalue weighted by molar-refractivity contribution is 0.0301. The van der Waals surface area contributed by atoms with Crippen molar-refractivity contribution in [1.29, 1.82) is 0 Å². The molecule has 4 amide bonds. The molecule has 0 radical (unpaired) electrons. The molecule has 2 saturated carbocycles. The average molecular weight is 1180 g/mol. The van der Waals surface area contributed by atoms with Crippen molar-refractivity contribution in [1.82, 2.24) is 69.1 Å². The Bertz CT molecular complexity index is 3550. The van der Waals surface area contributed by atoms with Gasteiger partial charge in [0.05, 0.1) is 77.2 Å². The summed E-state index contributed by atoms with van der Waals surface area (Å²) in [5.74, 6) is 2.92. The Morgan fingerprint density at radius 3 is 1.38 bits per heavy atom. The lowest BCUT2D eigenvalue weighted by Gasteiger charge is -2.41. The molecule has 6 saturated heterocycles. The van der Waals surface area contributed by atoms with Crippen LogP contribution in [0.2, 0.25) is 0 Å². The van der Waals surface area contributed by atoms with Gasteiger partial charge >= 0.3 is 12.1 Å². The molecule has 7 aromatic rings. The maximum atomic E-state index is 14.5. The van der Waals surface area contributed by atoms with E-state index >= 15 is 0 Å². The van der Waals surface area contributed by atoms with Gasteiger partial charge in [-0.1, -0.05) is 0 Å². The SMILES string of the molecule is CN1CCN(C2CCC(n3ncc4c(N5CC6CCC(C5)O6)nc(-c5ccc(NC(=O)N(C)N(C(=O)Nc6cccnc6)c6ccc(-c7nc(N8CC9CCC(C8)O9)c8cnn(C9CCC(N%10CCN(C)CC%10)CC9)c8n7)cc6)cc5)nc43)CC2)CC1. The largest absolute Gasteiger partial charge is 0.371 e. The third-order valence-electron chi connectivity index (χ3n) is 20.1. The molecule has 4 unspecified atom stereocenters. The molecule has 4 bridgehead atoms. The minimum absolute atomic E-state index is 0.164. The number of hydrazine groups is 1. The molecule has 8 aliphatic rings. The second-order valence-corrected chi connectivity index (χ2v) is 25.8. The molecule has 11 heterocycles. The lowest BCUT2D eigenvalue weighted by atomic mass is 9.90. The van der Waals surface area contributed by atoms with Crippen LogP contribution < -0.4 is 25.4 Å². The van der Waals surface area contributed by atoms with E-state index in [1.807, 2.05) is 60.9 Å². The van der Waals surface area contributed by atoms with E-state index in [1.165, 1.54) is 10.0 Å². The quantitative estimate of drug-likeness (QED) is 0.118. The number of carbonyl (C=O) groups excluding carboxylic acids is 2. The van der Waals surface area contributed by atoms with Crippen LogP contribution in [0.15, 0.2) is 85.5 Å². The number of nitrogens with zero attached hydrogens (tertiary/aromatic N) is 17. The number of hydrogen-bond acceptors (Lipinski definition) is 17. The predicted octanol–water partition coefficient (Wildman–Crippen LogP) is 8.01. The van der Waals surface area contributed by atoms with Gasteiger partial charge in [0.25, 0.3) is 0 Å². The lowest BCUT2D eigenvalue weighted by Crippen LogP contribution is -2.51. The first-order valence-electron chi connectivity index (χ1n) is 32.0. The summed E-state index contributed by atoms with van der Waals surface area (Å²) in [5.41, 5.74) is 4.72. The van der Waals surface area contributed by atoms with Crippen molar-refractivity contribution in [2.75, 3.05) is 125 Å². The second kappa shape index (κ2) is 23.9. The van der Waals surface area contributed by atoms with Crippen LogP contribution >= 0.6 is 0 Å². The number of nitrogens with one attached hydrogen (secondary N) is 2. The number of urea groups is 2. The first-order chi connectivity index (χ1) is 42.6. The molecule has 0 spiro atoms. The van der Waals surface area contributed by atoms with Crippen molar-refractivity contribution in [3.63, 3.8) is 0 Å². The fourth-order valence-corrected chi connectivity index (χ4v) is 15.2. The third-order valence-corrected chi connectivity index (χ3v) is 20.1. The molecule has 2 aliphatic carbocycles. The molecule has 15 rings (SSSR count). The zero-order valence-corrected chi connectivity index (χ0v) is 50.4. The third kappa shape index (κ3) is 11.5. The number of fused-ring (bicyclic) bond motifs is 6. The Morgan fingerprint density at radius 1 is 0.494 bits per heavy atom. The number of ether oxygens (including phenoxy) is 2. The van der Waals surface area contributed by atoms with E-state index in [2.05, 4.69) is 68.5 Å². The highest BCUT2D eigenvalue weighted by atomic mass is 16.5. The van der Waals surface area contributed by atoms with E-state index in [9.17, 15) is 9.59 Å². The molecule has 6 aliphatic heterocycles. The van der Waals surface area contributed by atoms with Crippen LogP contribution in [0.3, 0.4) is 0 Å². The summed E-state index contributed by atoms with van der Waals surface area (Å²) in [5, 5.41) is 20.6. The Labute approximate surface area is 507 Å². The first-order valence-corrected chi connectivity index (χ1v) is 32.0. The zero-order chi connectivity index (χ0) is 58.7. The van der Waals surface area contributed by atoms with E-state index < -0.39 is 12.1 Å². The van der Waals surface area contributed by atoms with Gasteiger partial charge in [-0.25, -0.2) is 43.9 Å². The maximum Gasteiger partial charge on any atom is 0.345 e. The predicted molar refractivity (Wildman–Crippen MR) is 335 cm³/mol. The van der Waals surface area contributed by atoms with Crippen LogP contribution in [0.5, 0.6) is 0 Å². The summed E-state index contributed by atoms with van der Waals surface area (Å²) in [4.78, 5) is 69.4. The number of piperazine rings is 2. The number of anilines is 5. The molecule has 456 valence electrons. The van der Waals surface area contributed by atoms with E-state index in [0.717, 1.165) is 200 Å². The van der Waals surface area contributed by atoms with Gasteiger partial charge in [-0.05, 0) is 152 Å². The summed E-state index contributed by atoms with van der Waals surface area (Å²) in [6, 6.07) is 19.2. The van der Waals surface area contributed by atoms with Crippen LogP contribution in [0.25, 0.3) is 44.8 Å². The number of amides is 4. The van der Waals surface area contributed by atoms with Gasteiger partial charge in [-0.15, -0.1) is 0 Å². The molecule has 87 heavy (non-hydrogen) atoms. The van der Waals surface area contributed by atoms with Crippen molar-refractivity contribution in [2.45, 2.75) is 126 Å². The van der Waals surface area contributed by atoms with Gasteiger partial charge in [-0.3, -0.25) is 14.8 Å². The van der Waals surface area contributed by atoms with Crippen molar-refractivity contribution in [3.05, 3.63) is 85.5 Å². The molecule has 5 aromatic heterocycles. The molecule has 23 heteroatoms. The number of aromatic nitrogens is 9. The second-order valence-electron chi connectivity index (χ2n) is 25.8. The molecule has 4 atom stereocenters. The van der Waals surface area contributed by atoms with Gasteiger partial charge in [0.15, 0.2) is 22.9 Å². The Hall–Kier alpha value is -7.41. The van der Waals surface area contributed by atoms with Crippen LogP contribution in [0.1, 0.15) is 89.1 Å². The first kappa shape index (κ1) is 56.1. The van der Waals surface area contributed by atoms with Crippen LogP contribution in [-0.4, -0.2) is 217 Å². The maximum absolute atomic E-state index is 14.5. The summed E-state index contributed by atoms with van der Waals surface area (Å²) in [6.45, 7) is 12.1. The van der Waals surface area contributed by atoms with Crippen molar-refractivity contribution >= 4 is 62.8 Å². The zero-order valence-electron chi connectivity index (χ0n) is 50.4.